The monoisotopic (exact) mass is 480 g/mol. The molecular weight excluding hydrogens is 440 g/mol. The molecule has 7 nitrogen and oxygen atoms in total. The number of hydrogen-bond donors (Lipinski definition) is 2. The summed E-state index contributed by atoms with van der Waals surface area (Å²) >= 11 is 0. The maximum absolute atomic E-state index is 9.42. The Hall–Kier alpha value is -3.21. The highest BCUT2D eigenvalue weighted by atomic mass is 16.5. The normalized spacial score (nSPS) is 10.2. The predicted octanol–water partition coefficient (Wildman–Crippen LogP) is 5.92. The van der Waals surface area contributed by atoms with Crippen LogP contribution < -0.4 is 10.5 Å². The van der Waals surface area contributed by atoms with Crippen LogP contribution in [0.2, 0.25) is 0 Å². The minimum absolute atomic E-state index is 0.00346. The average molecular weight is 481 g/mol. The summed E-state index contributed by atoms with van der Waals surface area (Å²) in [5, 5.41) is 21.3. The quantitative estimate of drug-likeness (QED) is 0.430. The molecule has 3 aromatic rings. The van der Waals surface area contributed by atoms with Crippen molar-refractivity contribution in [3.63, 3.8) is 0 Å². The molecule has 0 saturated heterocycles. The smallest absolute Gasteiger partial charge is 0.258 e. The van der Waals surface area contributed by atoms with E-state index in [-0.39, 0.29) is 12.7 Å². The zero-order valence-corrected chi connectivity index (χ0v) is 22.1. The third-order valence-electron chi connectivity index (χ3n) is 4.42. The fraction of sp³-hybridized carbons (Fsp3) is 0.464. The number of ether oxygens (including phenoxy) is 1. The molecule has 0 unspecified atom stereocenters. The zero-order chi connectivity index (χ0) is 26.4. The largest absolute Gasteiger partial charge is 0.490 e. The summed E-state index contributed by atoms with van der Waals surface area (Å²) in [7, 11) is 0. The Morgan fingerprint density at radius 1 is 1.14 bits per heavy atom. The van der Waals surface area contributed by atoms with E-state index < -0.39 is 0 Å². The number of aryl methyl sites for hydroxylation is 1. The van der Waals surface area contributed by atoms with Gasteiger partial charge < -0.3 is 20.1 Å². The van der Waals surface area contributed by atoms with E-state index in [1.54, 1.807) is 12.1 Å². The molecule has 0 radical (unpaired) electrons. The first-order chi connectivity index (χ1) is 16.7. The van der Waals surface area contributed by atoms with E-state index in [4.69, 9.17) is 20.1 Å². The first kappa shape index (κ1) is 29.8. The number of rotatable bonds is 7. The van der Waals surface area contributed by atoms with Crippen molar-refractivity contribution in [2.45, 2.75) is 67.4 Å². The first-order valence-electron chi connectivity index (χ1n) is 12.1. The van der Waals surface area contributed by atoms with Crippen LogP contribution in [0.25, 0.3) is 22.8 Å². The molecule has 0 saturated carbocycles. The van der Waals surface area contributed by atoms with Crippen LogP contribution in [0.5, 0.6) is 5.75 Å². The van der Waals surface area contributed by atoms with Crippen molar-refractivity contribution in [3.05, 3.63) is 53.1 Å². The van der Waals surface area contributed by atoms with Crippen LogP contribution in [-0.2, 0) is 6.42 Å². The van der Waals surface area contributed by atoms with Gasteiger partial charge in [0.15, 0.2) is 0 Å². The van der Waals surface area contributed by atoms with E-state index in [0.717, 1.165) is 24.3 Å². The topological polar surface area (TPSA) is 118 Å². The molecule has 3 N–H and O–H groups in total. The van der Waals surface area contributed by atoms with Gasteiger partial charge in [-0.1, -0.05) is 57.5 Å². The van der Waals surface area contributed by atoms with Crippen LogP contribution in [0, 0.1) is 24.2 Å². The predicted molar refractivity (Wildman–Crippen MR) is 141 cm³/mol. The molecule has 0 bridgehead atoms. The van der Waals surface area contributed by atoms with Crippen LogP contribution >= 0.6 is 0 Å². The molecular formula is C28H40N4O3. The van der Waals surface area contributed by atoms with Gasteiger partial charge in [-0.15, -0.1) is 0 Å². The van der Waals surface area contributed by atoms with Gasteiger partial charge in [0.05, 0.1) is 18.3 Å². The van der Waals surface area contributed by atoms with Crippen LogP contribution in [0.1, 0.15) is 64.7 Å². The summed E-state index contributed by atoms with van der Waals surface area (Å²) in [6.07, 6.45) is 2.01. The second-order valence-electron chi connectivity index (χ2n) is 9.01. The molecule has 190 valence electrons. The number of aliphatic hydroxyl groups is 1. The maximum Gasteiger partial charge on any atom is 0.258 e. The van der Waals surface area contributed by atoms with Crippen molar-refractivity contribution in [3.8, 4) is 34.7 Å². The highest BCUT2D eigenvalue weighted by Crippen LogP contribution is 2.30. The zero-order valence-electron chi connectivity index (χ0n) is 22.1. The van der Waals surface area contributed by atoms with Crippen molar-refractivity contribution in [2.24, 2.45) is 11.7 Å². The highest BCUT2D eigenvalue weighted by molar-refractivity contribution is 5.66. The summed E-state index contributed by atoms with van der Waals surface area (Å²) in [5.74, 6) is 2.35. The molecule has 1 heterocycles. The maximum atomic E-state index is 9.42. The van der Waals surface area contributed by atoms with Crippen molar-refractivity contribution >= 4 is 0 Å². The van der Waals surface area contributed by atoms with Crippen LogP contribution in [-0.4, -0.2) is 34.5 Å². The van der Waals surface area contributed by atoms with Gasteiger partial charge in [0.1, 0.15) is 11.8 Å². The number of hydrogen-bond acceptors (Lipinski definition) is 7. The first-order valence-corrected chi connectivity index (χ1v) is 12.1. The minimum Gasteiger partial charge on any atom is -0.490 e. The lowest BCUT2D eigenvalue weighted by Gasteiger charge is -2.11. The molecule has 2 aromatic carbocycles. The van der Waals surface area contributed by atoms with Crippen molar-refractivity contribution in [1.82, 2.24) is 10.1 Å². The lowest BCUT2D eigenvalue weighted by Crippen LogP contribution is -2.06. The molecule has 0 amide bonds. The van der Waals surface area contributed by atoms with E-state index in [9.17, 15) is 5.26 Å². The summed E-state index contributed by atoms with van der Waals surface area (Å²) in [5.41, 5.74) is 9.38. The van der Waals surface area contributed by atoms with Crippen LogP contribution in [0.4, 0.5) is 0 Å². The van der Waals surface area contributed by atoms with Gasteiger partial charge in [0.2, 0.25) is 5.82 Å². The van der Waals surface area contributed by atoms with Gasteiger partial charge >= 0.3 is 0 Å². The fourth-order valence-electron chi connectivity index (χ4n) is 3.05. The van der Waals surface area contributed by atoms with E-state index in [0.29, 0.717) is 35.1 Å². The second-order valence-corrected chi connectivity index (χ2v) is 9.01. The number of nitriles is 1. The van der Waals surface area contributed by atoms with Gasteiger partial charge in [-0.3, -0.25) is 0 Å². The third-order valence-corrected chi connectivity index (χ3v) is 4.42. The van der Waals surface area contributed by atoms with Gasteiger partial charge in [-0.2, -0.15) is 10.2 Å². The van der Waals surface area contributed by atoms with Crippen LogP contribution in [0.3, 0.4) is 0 Å². The number of benzene rings is 2. The lowest BCUT2D eigenvalue weighted by molar-refractivity contribution is 0.241. The Morgan fingerprint density at radius 3 is 2.34 bits per heavy atom. The van der Waals surface area contributed by atoms with Crippen molar-refractivity contribution < 1.29 is 14.4 Å². The highest BCUT2D eigenvalue weighted by Gasteiger charge is 2.16. The number of nitrogens with zero attached hydrogens (tertiary/aromatic N) is 3. The Bertz CT molecular complexity index is 1060. The molecule has 0 spiro atoms. The fourth-order valence-corrected chi connectivity index (χ4v) is 3.05. The minimum atomic E-state index is -0.00346. The summed E-state index contributed by atoms with van der Waals surface area (Å²) < 4.78 is 11.2. The molecule has 0 fully saturated rings. The number of aliphatic hydroxyl groups excluding tert-OH is 1. The van der Waals surface area contributed by atoms with E-state index >= 15 is 0 Å². The Kier molecular flexibility index (Phi) is 13.3. The summed E-state index contributed by atoms with van der Waals surface area (Å²) in [6.45, 7) is 15.1. The van der Waals surface area contributed by atoms with Gasteiger partial charge in [0.25, 0.3) is 5.89 Å². The SMILES string of the molecule is CC(C)C.CCCc1c(C)cccc1-c1noc(-c2ccc(OC(C)C)c(C#N)c2)n1.NCCO. The average Bonchev–Trinajstić information content (AvgIpc) is 3.30. The molecule has 35 heavy (non-hydrogen) atoms. The van der Waals surface area contributed by atoms with Gasteiger partial charge in [-0.05, 0) is 62.4 Å². The van der Waals surface area contributed by atoms with Crippen LogP contribution in [0.15, 0.2) is 40.9 Å². The molecule has 7 heteroatoms. The molecule has 0 atom stereocenters. The Labute approximate surface area is 209 Å². The Morgan fingerprint density at radius 2 is 1.80 bits per heavy atom. The van der Waals surface area contributed by atoms with Crippen molar-refractivity contribution in [2.75, 3.05) is 13.2 Å². The molecule has 0 aliphatic rings. The number of aromatic nitrogens is 2. The lowest BCUT2D eigenvalue weighted by atomic mass is 9.97. The van der Waals surface area contributed by atoms with E-state index in [1.165, 1.54) is 11.1 Å². The van der Waals surface area contributed by atoms with E-state index in [1.807, 2.05) is 32.0 Å². The summed E-state index contributed by atoms with van der Waals surface area (Å²) in [4.78, 5) is 4.57. The van der Waals surface area contributed by atoms with Crippen molar-refractivity contribution in [1.29, 1.82) is 5.26 Å². The third kappa shape index (κ3) is 9.89. The number of nitrogens with two attached hydrogens (primary N) is 1. The molecule has 0 aliphatic carbocycles. The molecule has 0 aliphatic heterocycles. The molecule has 3 rings (SSSR count). The van der Waals surface area contributed by atoms with E-state index in [2.05, 4.69) is 56.9 Å². The standard InChI is InChI=1S/C22H23N3O2.C4H10.C2H7NO/c1-5-7-18-15(4)8-6-9-19(18)21-24-22(27-25-21)16-10-11-20(26-14(2)3)17(12-16)13-23;1-4(2)3;3-1-2-4/h6,8-12,14H,5,7H2,1-4H3;4H,1-3H3;4H,1-3H2. The van der Waals surface area contributed by atoms with Gasteiger partial charge in [-0.25, -0.2) is 0 Å². The van der Waals surface area contributed by atoms with Gasteiger partial charge in [0, 0.05) is 17.7 Å². The molecule has 1 aromatic heterocycles. The second kappa shape index (κ2) is 15.6. The Balaban J connectivity index is 0.000000668. The summed E-state index contributed by atoms with van der Waals surface area (Å²) in [6, 6.07) is 13.6.